The van der Waals surface area contributed by atoms with E-state index in [0.717, 1.165) is 36.6 Å². The molecule has 0 aromatic carbocycles. The Labute approximate surface area is 98.9 Å². The molecule has 0 saturated carbocycles. The number of likely N-dealkylation sites (tertiary alicyclic amines) is 1. The maximum atomic E-state index is 11.2. The van der Waals surface area contributed by atoms with Gasteiger partial charge in [-0.25, -0.2) is 4.98 Å². The van der Waals surface area contributed by atoms with Crippen LogP contribution in [0.4, 0.5) is 0 Å². The predicted octanol–water partition coefficient (Wildman–Crippen LogP) is 1.36. The quantitative estimate of drug-likeness (QED) is 0.849. The summed E-state index contributed by atoms with van der Waals surface area (Å²) < 4.78 is 0. The molecule has 1 fully saturated rings. The molecule has 0 unspecified atom stereocenters. The average molecular weight is 240 g/mol. The van der Waals surface area contributed by atoms with Crippen LogP contribution in [0.5, 0.6) is 0 Å². The summed E-state index contributed by atoms with van der Waals surface area (Å²) in [5.74, 6) is 0.620. The highest BCUT2D eigenvalue weighted by atomic mass is 32.1. The molecule has 1 aromatic rings. The van der Waals surface area contributed by atoms with E-state index in [1.54, 1.807) is 18.3 Å². The van der Waals surface area contributed by atoms with Gasteiger partial charge in [-0.1, -0.05) is 0 Å². The fraction of sp³-hybridized carbons (Fsp3) is 0.636. The van der Waals surface area contributed by atoms with Crippen LogP contribution in [0.15, 0.2) is 5.38 Å². The lowest BCUT2D eigenvalue weighted by molar-refractivity contribution is -0.129. The number of aliphatic hydroxyl groups is 1. The van der Waals surface area contributed by atoms with Crippen molar-refractivity contribution in [3.63, 3.8) is 0 Å². The Kier molecular flexibility index (Phi) is 3.56. The third-order valence-electron chi connectivity index (χ3n) is 3.02. The van der Waals surface area contributed by atoms with Crippen LogP contribution in [0.3, 0.4) is 0 Å². The summed E-state index contributed by atoms with van der Waals surface area (Å²) in [6.45, 7) is 3.29. The van der Waals surface area contributed by atoms with Gasteiger partial charge in [-0.2, -0.15) is 0 Å². The van der Waals surface area contributed by atoms with Crippen LogP contribution in [0, 0.1) is 0 Å². The van der Waals surface area contributed by atoms with Crippen molar-refractivity contribution in [3.8, 4) is 0 Å². The number of aromatic nitrogens is 1. The molecule has 0 aliphatic carbocycles. The molecule has 0 bridgehead atoms. The highest BCUT2D eigenvalue weighted by Crippen LogP contribution is 2.30. The lowest BCUT2D eigenvalue weighted by atomic mass is 9.97. The van der Waals surface area contributed by atoms with Crippen molar-refractivity contribution in [1.29, 1.82) is 0 Å². The Balaban J connectivity index is 1.96. The normalized spacial score (nSPS) is 17.8. The zero-order chi connectivity index (χ0) is 11.5. The summed E-state index contributed by atoms with van der Waals surface area (Å²) in [7, 11) is 0. The maximum Gasteiger partial charge on any atom is 0.219 e. The smallest absolute Gasteiger partial charge is 0.219 e. The van der Waals surface area contributed by atoms with E-state index in [1.807, 2.05) is 10.3 Å². The van der Waals surface area contributed by atoms with Crippen LogP contribution in [0.1, 0.15) is 36.4 Å². The number of piperidine rings is 1. The van der Waals surface area contributed by atoms with E-state index < -0.39 is 0 Å². The number of carbonyl (C=O) groups excluding carboxylic acids is 1. The van der Waals surface area contributed by atoms with Crippen molar-refractivity contribution < 1.29 is 9.90 Å². The molecule has 1 aromatic heterocycles. The van der Waals surface area contributed by atoms with Gasteiger partial charge < -0.3 is 10.0 Å². The first kappa shape index (κ1) is 11.5. The third kappa shape index (κ3) is 2.41. The monoisotopic (exact) mass is 240 g/mol. The summed E-state index contributed by atoms with van der Waals surface area (Å²) in [6, 6.07) is 0. The van der Waals surface area contributed by atoms with E-state index in [0.29, 0.717) is 5.92 Å². The number of rotatable bonds is 2. The van der Waals surface area contributed by atoms with Crippen LogP contribution >= 0.6 is 11.3 Å². The first-order chi connectivity index (χ1) is 7.70. The molecular weight excluding hydrogens is 224 g/mol. The number of thiazole rings is 1. The van der Waals surface area contributed by atoms with Gasteiger partial charge in [0.25, 0.3) is 0 Å². The van der Waals surface area contributed by atoms with E-state index in [4.69, 9.17) is 5.11 Å². The molecule has 2 rings (SSSR count). The maximum absolute atomic E-state index is 11.2. The summed E-state index contributed by atoms with van der Waals surface area (Å²) in [6.07, 6.45) is 1.97. The SMILES string of the molecule is CC(=O)N1CCC(c2nc(CO)cs2)CC1. The van der Waals surface area contributed by atoms with Gasteiger partial charge >= 0.3 is 0 Å². The van der Waals surface area contributed by atoms with E-state index in [1.165, 1.54) is 0 Å². The number of amides is 1. The fourth-order valence-electron chi connectivity index (χ4n) is 2.02. The minimum absolute atomic E-state index is 0.0167. The molecule has 88 valence electrons. The Morgan fingerprint density at radius 2 is 2.31 bits per heavy atom. The molecule has 4 nitrogen and oxygen atoms in total. The van der Waals surface area contributed by atoms with Gasteiger partial charge in [0.2, 0.25) is 5.91 Å². The van der Waals surface area contributed by atoms with Crippen LogP contribution in [-0.2, 0) is 11.4 Å². The summed E-state index contributed by atoms with van der Waals surface area (Å²) in [5.41, 5.74) is 0.758. The Hall–Kier alpha value is -0.940. The number of nitrogens with zero attached hydrogens (tertiary/aromatic N) is 2. The predicted molar refractivity (Wildman–Crippen MR) is 62.3 cm³/mol. The number of carbonyl (C=O) groups is 1. The molecule has 1 aliphatic rings. The van der Waals surface area contributed by atoms with E-state index in [9.17, 15) is 4.79 Å². The minimum atomic E-state index is 0.0167. The minimum Gasteiger partial charge on any atom is -0.390 e. The number of hydrogen-bond donors (Lipinski definition) is 1. The largest absolute Gasteiger partial charge is 0.390 e. The van der Waals surface area contributed by atoms with E-state index in [-0.39, 0.29) is 12.5 Å². The fourth-order valence-corrected chi connectivity index (χ4v) is 3.01. The lowest BCUT2D eigenvalue weighted by Gasteiger charge is -2.30. The van der Waals surface area contributed by atoms with Crippen molar-refractivity contribution >= 4 is 17.2 Å². The van der Waals surface area contributed by atoms with Gasteiger partial charge in [-0.15, -0.1) is 11.3 Å². The zero-order valence-corrected chi connectivity index (χ0v) is 10.2. The zero-order valence-electron chi connectivity index (χ0n) is 9.35. The first-order valence-corrected chi connectivity index (χ1v) is 6.39. The van der Waals surface area contributed by atoms with Crippen molar-refractivity contribution in [3.05, 3.63) is 16.1 Å². The highest BCUT2D eigenvalue weighted by molar-refractivity contribution is 7.09. The van der Waals surface area contributed by atoms with E-state index >= 15 is 0 Å². The average Bonchev–Trinajstić information content (AvgIpc) is 2.77. The number of hydrogen-bond acceptors (Lipinski definition) is 4. The van der Waals surface area contributed by atoms with Gasteiger partial charge in [-0.3, -0.25) is 4.79 Å². The molecule has 0 atom stereocenters. The molecule has 1 N–H and O–H groups in total. The molecule has 1 aliphatic heterocycles. The molecule has 1 amide bonds. The van der Waals surface area contributed by atoms with Crippen molar-refractivity contribution in [2.24, 2.45) is 0 Å². The second-order valence-electron chi connectivity index (χ2n) is 4.12. The summed E-state index contributed by atoms with van der Waals surface area (Å²) >= 11 is 1.62. The summed E-state index contributed by atoms with van der Waals surface area (Å²) in [5, 5.41) is 12.0. The Bertz CT molecular complexity index is 370. The van der Waals surface area contributed by atoms with Crippen molar-refractivity contribution in [2.45, 2.75) is 32.3 Å². The molecule has 1 saturated heterocycles. The lowest BCUT2D eigenvalue weighted by Crippen LogP contribution is -2.36. The van der Waals surface area contributed by atoms with Crippen molar-refractivity contribution in [2.75, 3.05) is 13.1 Å². The van der Waals surface area contributed by atoms with Crippen LogP contribution in [-0.4, -0.2) is 34.0 Å². The Morgan fingerprint density at radius 3 is 2.81 bits per heavy atom. The molecule has 5 heteroatoms. The van der Waals surface area contributed by atoms with Gasteiger partial charge in [0, 0.05) is 31.3 Å². The molecule has 16 heavy (non-hydrogen) atoms. The Morgan fingerprint density at radius 1 is 1.62 bits per heavy atom. The van der Waals surface area contributed by atoms with Gasteiger partial charge in [0.05, 0.1) is 17.3 Å². The van der Waals surface area contributed by atoms with Gasteiger partial charge in [0.15, 0.2) is 0 Å². The highest BCUT2D eigenvalue weighted by Gasteiger charge is 2.23. The number of aliphatic hydroxyl groups excluding tert-OH is 1. The molecular formula is C11H16N2O2S. The molecule has 2 heterocycles. The van der Waals surface area contributed by atoms with Gasteiger partial charge in [-0.05, 0) is 12.8 Å². The third-order valence-corrected chi connectivity index (χ3v) is 4.08. The standard InChI is InChI=1S/C11H16N2O2S/c1-8(15)13-4-2-9(3-5-13)11-12-10(6-14)7-16-11/h7,9,14H,2-6H2,1H3. The molecule has 0 radical (unpaired) electrons. The first-order valence-electron chi connectivity index (χ1n) is 5.51. The van der Waals surface area contributed by atoms with Crippen molar-refractivity contribution in [1.82, 2.24) is 9.88 Å². The van der Waals surface area contributed by atoms with Crippen LogP contribution < -0.4 is 0 Å². The topological polar surface area (TPSA) is 53.4 Å². The van der Waals surface area contributed by atoms with Crippen LogP contribution in [0.2, 0.25) is 0 Å². The van der Waals surface area contributed by atoms with Gasteiger partial charge in [0.1, 0.15) is 0 Å². The second kappa shape index (κ2) is 4.93. The summed E-state index contributed by atoms with van der Waals surface area (Å²) in [4.78, 5) is 17.4. The molecule has 0 spiro atoms. The van der Waals surface area contributed by atoms with Crippen LogP contribution in [0.25, 0.3) is 0 Å². The van der Waals surface area contributed by atoms with E-state index in [2.05, 4.69) is 4.98 Å². The second-order valence-corrected chi connectivity index (χ2v) is 5.01.